The van der Waals surface area contributed by atoms with E-state index in [0.717, 1.165) is 4.83 Å². The lowest BCUT2D eigenvalue weighted by molar-refractivity contribution is -0.144. The van der Waals surface area contributed by atoms with Crippen LogP contribution < -0.4 is 5.56 Å². The Morgan fingerprint density at radius 3 is 2.78 bits per heavy atom. The van der Waals surface area contributed by atoms with E-state index in [1.165, 1.54) is 15.9 Å². The van der Waals surface area contributed by atoms with E-state index in [1.807, 2.05) is 19.2 Å². The van der Waals surface area contributed by atoms with Gasteiger partial charge in [-0.1, -0.05) is 0 Å². The van der Waals surface area contributed by atoms with Crippen molar-refractivity contribution in [1.82, 2.24) is 9.55 Å². The highest BCUT2D eigenvalue weighted by molar-refractivity contribution is 7.16. The van der Waals surface area contributed by atoms with Crippen LogP contribution in [0.25, 0.3) is 10.2 Å². The zero-order valence-corrected chi connectivity index (χ0v) is 11.3. The van der Waals surface area contributed by atoms with Gasteiger partial charge < -0.3 is 9.47 Å². The summed E-state index contributed by atoms with van der Waals surface area (Å²) in [5, 5.41) is 2.51. The third-order valence-electron chi connectivity index (χ3n) is 2.50. The maximum atomic E-state index is 12.2. The molecule has 2 rings (SSSR count). The summed E-state index contributed by atoms with van der Waals surface area (Å²) in [6.07, 6.45) is 1.14. The maximum Gasteiger partial charge on any atom is 0.262 e. The predicted octanol–water partition coefficient (Wildman–Crippen LogP) is 1.86. The van der Waals surface area contributed by atoms with Crippen molar-refractivity contribution in [3.05, 3.63) is 28.1 Å². The van der Waals surface area contributed by atoms with Gasteiger partial charge in [-0.25, -0.2) is 4.98 Å². The van der Waals surface area contributed by atoms with E-state index in [4.69, 9.17) is 9.47 Å². The topological polar surface area (TPSA) is 53.4 Å². The summed E-state index contributed by atoms with van der Waals surface area (Å²) >= 11 is 1.46. The molecule has 0 saturated carbocycles. The molecule has 0 atom stereocenters. The van der Waals surface area contributed by atoms with Gasteiger partial charge in [0.15, 0.2) is 6.29 Å². The normalized spacial score (nSPS) is 11.5. The van der Waals surface area contributed by atoms with Crippen molar-refractivity contribution < 1.29 is 9.47 Å². The molecule has 0 aliphatic carbocycles. The van der Waals surface area contributed by atoms with Crippen LogP contribution in [0, 0.1) is 0 Å². The van der Waals surface area contributed by atoms with E-state index in [-0.39, 0.29) is 5.56 Å². The van der Waals surface area contributed by atoms with Gasteiger partial charge in [0.2, 0.25) is 0 Å². The van der Waals surface area contributed by atoms with Gasteiger partial charge in [0.05, 0.1) is 18.3 Å². The van der Waals surface area contributed by atoms with Crippen LogP contribution in [-0.4, -0.2) is 29.1 Å². The highest BCUT2D eigenvalue weighted by Crippen LogP contribution is 2.13. The predicted molar refractivity (Wildman–Crippen MR) is 70.9 cm³/mol. The quantitative estimate of drug-likeness (QED) is 0.750. The molecule has 0 amide bonds. The zero-order valence-electron chi connectivity index (χ0n) is 10.5. The average molecular weight is 268 g/mol. The van der Waals surface area contributed by atoms with Crippen molar-refractivity contribution >= 4 is 21.6 Å². The number of hydrogen-bond donors (Lipinski definition) is 0. The smallest absolute Gasteiger partial charge is 0.262 e. The van der Waals surface area contributed by atoms with Crippen LogP contribution in [-0.2, 0) is 16.0 Å². The fourth-order valence-corrected chi connectivity index (χ4v) is 2.43. The van der Waals surface area contributed by atoms with Crippen molar-refractivity contribution in [2.24, 2.45) is 0 Å². The maximum absolute atomic E-state index is 12.2. The molecule has 2 aromatic heterocycles. The third kappa shape index (κ3) is 2.77. The van der Waals surface area contributed by atoms with E-state index >= 15 is 0 Å². The Morgan fingerprint density at radius 1 is 1.39 bits per heavy atom. The first-order valence-electron chi connectivity index (χ1n) is 5.92. The second-order valence-electron chi connectivity index (χ2n) is 3.68. The molecule has 0 saturated heterocycles. The molecule has 0 N–H and O–H groups in total. The Hall–Kier alpha value is -1.24. The number of rotatable bonds is 6. The molecule has 0 radical (unpaired) electrons. The van der Waals surface area contributed by atoms with Gasteiger partial charge in [0.1, 0.15) is 4.83 Å². The Bertz CT molecular complexity index is 558. The van der Waals surface area contributed by atoms with Gasteiger partial charge in [0, 0.05) is 13.2 Å². The minimum Gasteiger partial charge on any atom is -0.351 e. The summed E-state index contributed by atoms with van der Waals surface area (Å²) in [5.74, 6) is 0. The third-order valence-corrected chi connectivity index (χ3v) is 3.32. The number of fused-ring (bicyclic) bond motifs is 1. The van der Waals surface area contributed by atoms with E-state index in [0.29, 0.717) is 25.1 Å². The standard InChI is InChI=1S/C12H16N2O3S/c1-3-16-10(17-4-2)7-14-8-13-11-9(12(14)15)5-6-18-11/h5-6,8,10H,3-4,7H2,1-2H3. The Balaban J connectivity index is 2.24. The van der Waals surface area contributed by atoms with Crippen molar-refractivity contribution in [1.29, 1.82) is 0 Å². The number of aromatic nitrogens is 2. The largest absolute Gasteiger partial charge is 0.351 e. The lowest BCUT2D eigenvalue weighted by atomic mass is 10.4. The minimum atomic E-state index is -0.407. The summed E-state index contributed by atoms with van der Waals surface area (Å²) in [4.78, 5) is 17.2. The second kappa shape index (κ2) is 6.08. The van der Waals surface area contributed by atoms with E-state index in [9.17, 15) is 4.79 Å². The summed E-state index contributed by atoms with van der Waals surface area (Å²) in [5.41, 5.74) is -0.0503. The second-order valence-corrected chi connectivity index (χ2v) is 4.58. The fraction of sp³-hybridized carbons (Fsp3) is 0.500. The van der Waals surface area contributed by atoms with E-state index < -0.39 is 6.29 Å². The number of ether oxygens (including phenoxy) is 2. The van der Waals surface area contributed by atoms with Crippen molar-refractivity contribution in [3.63, 3.8) is 0 Å². The van der Waals surface area contributed by atoms with Gasteiger partial charge in [-0.2, -0.15) is 0 Å². The van der Waals surface area contributed by atoms with Crippen molar-refractivity contribution in [2.45, 2.75) is 26.7 Å². The van der Waals surface area contributed by atoms with Gasteiger partial charge >= 0.3 is 0 Å². The average Bonchev–Trinajstić information content (AvgIpc) is 2.82. The van der Waals surface area contributed by atoms with Crippen LogP contribution in [0.4, 0.5) is 0 Å². The summed E-state index contributed by atoms with van der Waals surface area (Å²) in [6, 6.07) is 1.79. The number of nitrogens with zero attached hydrogens (tertiary/aromatic N) is 2. The first kappa shape index (κ1) is 13.2. The Kier molecular flexibility index (Phi) is 4.46. The first-order valence-corrected chi connectivity index (χ1v) is 6.80. The highest BCUT2D eigenvalue weighted by atomic mass is 32.1. The van der Waals surface area contributed by atoms with E-state index in [2.05, 4.69) is 4.98 Å². The lowest BCUT2D eigenvalue weighted by Crippen LogP contribution is -2.30. The number of thiophene rings is 1. The molecule has 6 heteroatoms. The molecule has 2 heterocycles. The first-order chi connectivity index (χ1) is 8.76. The van der Waals surface area contributed by atoms with Crippen LogP contribution in [0.5, 0.6) is 0 Å². The lowest BCUT2D eigenvalue weighted by Gasteiger charge is -2.17. The highest BCUT2D eigenvalue weighted by Gasteiger charge is 2.12. The summed E-state index contributed by atoms with van der Waals surface area (Å²) < 4.78 is 12.4. The molecule has 0 aliphatic rings. The van der Waals surface area contributed by atoms with Crippen molar-refractivity contribution in [3.8, 4) is 0 Å². The van der Waals surface area contributed by atoms with Gasteiger partial charge in [-0.05, 0) is 25.3 Å². The van der Waals surface area contributed by atoms with Crippen LogP contribution in [0.2, 0.25) is 0 Å². The van der Waals surface area contributed by atoms with Crippen LogP contribution in [0.15, 0.2) is 22.6 Å². The molecule has 0 fully saturated rings. The molecule has 98 valence electrons. The molecule has 0 aromatic carbocycles. The molecule has 0 unspecified atom stereocenters. The molecular formula is C12H16N2O3S. The molecule has 0 bridgehead atoms. The van der Waals surface area contributed by atoms with Gasteiger partial charge in [-0.3, -0.25) is 9.36 Å². The Labute approximate surface area is 109 Å². The molecule has 0 aliphatic heterocycles. The molecular weight excluding hydrogens is 252 g/mol. The van der Waals surface area contributed by atoms with Crippen LogP contribution in [0.1, 0.15) is 13.8 Å². The molecule has 0 spiro atoms. The number of hydrogen-bond acceptors (Lipinski definition) is 5. The molecule has 18 heavy (non-hydrogen) atoms. The van der Waals surface area contributed by atoms with E-state index in [1.54, 1.807) is 12.4 Å². The van der Waals surface area contributed by atoms with Gasteiger partial charge in [-0.15, -0.1) is 11.3 Å². The monoisotopic (exact) mass is 268 g/mol. The fourth-order valence-electron chi connectivity index (χ4n) is 1.71. The molecule has 5 nitrogen and oxygen atoms in total. The van der Waals surface area contributed by atoms with Crippen molar-refractivity contribution in [2.75, 3.05) is 13.2 Å². The van der Waals surface area contributed by atoms with Gasteiger partial charge in [0.25, 0.3) is 5.56 Å². The minimum absolute atomic E-state index is 0.0503. The summed E-state index contributed by atoms with van der Waals surface area (Å²) in [7, 11) is 0. The SMILES string of the molecule is CCOC(Cn1cnc2sccc2c1=O)OCC. The van der Waals surface area contributed by atoms with Crippen LogP contribution in [0.3, 0.4) is 0 Å². The molecule has 2 aromatic rings. The zero-order chi connectivity index (χ0) is 13.0. The Morgan fingerprint density at radius 2 is 2.11 bits per heavy atom. The van der Waals surface area contributed by atoms with Crippen LogP contribution >= 0.6 is 11.3 Å². The summed E-state index contributed by atoms with van der Waals surface area (Å²) in [6.45, 7) is 5.25.